The molecule has 0 saturated heterocycles. The topological polar surface area (TPSA) is 64.0 Å². The zero-order chi connectivity index (χ0) is 21.9. The third kappa shape index (κ3) is 6.62. The van der Waals surface area contributed by atoms with Gasteiger partial charge in [-0.3, -0.25) is 9.59 Å². The van der Waals surface area contributed by atoms with E-state index in [4.69, 9.17) is 9.47 Å². The SMILES string of the molecule is CCCCN(CC(=O)N(CCOC)Cc1cccn1C)C(=O)c1cccc(OC)c1. The number of carbonyl (C=O) groups excluding carboxylic acids is 2. The Labute approximate surface area is 179 Å². The van der Waals surface area contributed by atoms with Crippen molar-refractivity contribution in [2.24, 2.45) is 7.05 Å². The third-order valence-corrected chi connectivity index (χ3v) is 5.03. The highest BCUT2D eigenvalue weighted by Crippen LogP contribution is 2.15. The molecular formula is C23H33N3O4. The van der Waals surface area contributed by atoms with E-state index in [-0.39, 0.29) is 18.4 Å². The molecule has 0 aliphatic heterocycles. The molecule has 0 saturated carbocycles. The molecule has 2 amide bonds. The van der Waals surface area contributed by atoms with Gasteiger partial charge in [-0.1, -0.05) is 19.4 Å². The molecule has 0 aliphatic rings. The zero-order valence-electron chi connectivity index (χ0n) is 18.5. The first-order valence-electron chi connectivity index (χ1n) is 10.3. The molecule has 30 heavy (non-hydrogen) atoms. The summed E-state index contributed by atoms with van der Waals surface area (Å²) in [5, 5.41) is 0. The molecule has 0 N–H and O–H groups in total. The first-order chi connectivity index (χ1) is 14.5. The predicted molar refractivity (Wildman–Crippen MR) is 117 cm³/mol. The molecule has 2 rings (SSSR count). The van der Waals surface area contributed by atoms with Gasteiger partial charge in [0.25, 0.3) is 5.91 Å². The molecule has 1 aromatic heterocycles. The Morgan fingerprint density at radius 2 is 1.87 bits per heavy atom. The van der Waals surface area contributed by atoms with Crippen LogP contribution in [0.15, 0.2) is 42.6 Å². The second-order valence-corrected chi connectivity index (χ2v) is 7.23. The van der Waals surface area contributed by atoms with Crippen LogP contribution in [0.4, 0.5) is 0 Å². The first-order valence-corrected chi connectivity index (χ1v) is 10.3. The van der Waals surface area contributed by atoms with Crippen LogP contribution < -0.4 is 4.74 Å². The van der Waals surface area contributed by atoms with Crippen molar-refractivity contribution in [1.29, 1.82) is 0 Å². The number of benzene rings is 1. The lowest BCUT2D eigenvalue weighted by Gasteiger charge is -2.28. The number of rotatable bonds is 12. The van der Waals surface area contributed by atoms with Crippen LogP contribution in [0, 0.1) is 0 Å². The normalized spacial score (nSPS) is 10.7. The number of carbonyl (C=O) groups is 2. The second kappa shape index (κ2) is 12.0. The van der Waals surface area contributed by atoms with Crippen LogP contribution in [0.25, 0.3) is 0 Å². The predicted octanol–water partition coefficient (Wildman–Crippen LogP) is 2.95. The van der Waals surface area contributed by atoms with Gasteiger partial charge < -0.3 is 23.8 Å². The van der Waals surface area contributed by atoms with Gasteiger partial charge in [0.1, 0.15) is 12.3 Å². The largest absolute Gasteiger partial charge is 0.497 e. The highest BCUT2D eigenvalue weighted by atomic mass is 16.5. The molecule has 1 aromatic carbocycles. The average molecular weight is 416 g/mol. The summed E-state index contributed by atoms with van der Waals surface area (Å²) in [4.78, 5) is 29.7. The quantitative estimate of drug-likeness (QED) is 0.535. The van der Waals surface area contributed by atoms with E-state index >= 15 is 0 Å². The van der Waals surface area contributed by atoms with E-state index in [1.54, 1.807) is 48.3 Å². The van der Waals surface area contributed by atoms with Gasteiger partial charge in [0.15, 0.2) is 0 Å². The van der Waals surface area contributed by atoms with E-state index in [0.717, 1.165) is 18.5 Å². The van der Waals surface area contributed by atoms with Crippen LogP contribution in [0.3, 0.4) is 0 Å². The van der Waals surface area contributed by atoms with Gasteiger partial charge >= 0.3 is 0 Å². The Balaban J connectivity index is 2.17. The maximum absolute atomic E-state index is 13.2. The Bertz CT molecular complexity index is 818. The van der Waals surface area contributed by atoms with Crippen molar-refractivity contribution in [3.8, 4) is 5.75 Å². The highest BCUT2D eigenvalue weighted by Gasteiger charge is 2.23. The molecule has 7 heteroatoms. The number of amides is 2. The summed E-state index contributed by atoms with van der Waals surface area (Å²) in [7, 11) is 5.14. The van der Waals surface area contributed by atoms with Crippen molar-refractivity contribution < 1.29 is 19.1 Å². The number of hydrogen-bond donors (Lipinski definition) is 0. The fourth-order valence-electron chi connectivity index (χ4n) is 3.15. The number of methoxy groups -OCH3 is 2. The molecule has 0 spiro atoms. The van der Waals surface area contributed by atoms with Crippen LogP contribution in [-0.4, -0.2) is 66.6 Å². The minimum Gasteiger partial charge on any atom is -0.497 e. The van der Waals surface area contributed by atoms with Gasteiger partial charge in [-0.25, -0.2) is 0 Å². The van der Waals surface area contributed by atoms with Crippen molar-refractivity contribution in [3.63, 3.8) is 0 Å². The first kappa shape index (κ1) is 23.5. The molecule has 0 aliphatic carbocycles. The van der Waals surface area contributed by atoms with Crippen LogP contribution in [-0.2, 0) is 23.1 Å². The van der Waals surface area contributed by atoms with E-state index in [9.17, 15) is 9.59 Å². The van der Waals surface area contributed by atoms with Crippen molar-refractivity contribution in [2.45, 2.75) is 26.3 Å². The van der Waals surface area contributed by atoms with Crippen LogP contribution in [0.5, 0.6) is 5.75 Å². The fraction of sp³-hybridized carbons (Fsp3) is 0.478. The van der Waals surface area contributed by atoms with Crippen LogP contribution in [0.2, 0.25) is 0 Å². The number of ether oxygens (including phenoxy) is 2. The summed E-state index contributed by atoms with van der Waals surface area (Å²) in [6.45, 7) is 4.01. The molecule has 1 heterocycles. The maximum Gasteiger partial charge on any atom is 0.254 e. The molecule has 0 bridgehead atoms. The summed E-state index contributed by atoms with van der Waals surface area (Å²) >= 11 is 0. The Kier molecular flexibility index (Phi) is 9.41. The lowest BCUT2D eigenvalue weighted by Crippen LogP contribution is -2.44. The molecular weight excluding hydrogens is 382 g/mol. The van der Waals surface area contributed by atoms with E-state index in [1.165, 1.54) is 0 Å². The Morgan fingerprint density at radius 1 is 1.07 bits per heavy atom. The Morgan fingerprint density at radius 3 is 2.50 bits per heavy atom. The van der Waals surface area contributed by atoms with E-state index in [1.807, 2.05) is 29.9 Å². The van der Waals surface area contributed by atoms with Crippen LogP contribution in [0.1, 0.15) is 35.8 Å². The number of nitrogens with zero attached hydrogens (tertiary/aromatic N) is 3. The number of aromatic nitrogens is 1. The third-order valence-electron chi connectivity index (χ3n) is 5.03. The minimum absolute atomic E-state index is 0.0319. The summed E-state index contributed by atoms with van der Waals surface area (Å²) < 4.78 is 12.4. The number of unbranched alkanes of at least 4 members (excludes halogenated alkanes) is 1. The highest BCUT2D eigenvalue weighted by molar-refractivity contribution is 5.96. The molecule has 0 atom stereocenters. The fourth-order valence-corrected chi connectivity index (χ4v) is 3.15. The summed E-state index contributed by atoms with van der Waals surface area (Å²) in [5.41, 5.74) is 1.54. The number of aryl methyl sites for hydroxylation is 1. The summed E-state index contributed by atoms with van der Waals surface area (Å²) in [6, 6.07) is 11.0. The van der Waals surface area contributed by atoms with Crippen molar-refractivity contribution in [3.05, 3.63) is 53.9 Å². The average Bonchev–Trinajstić information content (AvgIpc) is 3.17. The van der Waals surface area contributed by atoms with Gasteiger partial charge in [-0.2, -0.15) is 0 Å². The van der Waals surface area contributed by atoms with Gasteiger partial charge in [0, 0.05) is 44.7 Å². The molecule has 0 unspecified atom stereocenters. The summed E-state index contributed by atoms with van der Waals surface area (Å²) in [5.74, 6) is 0.356. The smallest absolute Gasteiger partial charge is 0.254 e. The molecule has 0 radical (unpaired) electrons. The molecule has 0 fully saturated rings. The van der Waals surface area contributed by atoms with Crippen molar-refractivity contribution in [2.75, 3.05) is 40.5 Å². The monoisotopic (exact) mass is 415 g/mol. The van der Waals surface area contributed by atoms with Gasteiger partial charge in [-0.05, 0) is 36.8 Å². The van der Waals surface area contributed by atoms with Crippen molar-refractivity contribution >= 4 is 11.8 Å². The zero-order valence-corrected chi connectivity index (χ0v) is 18.5. The Hall–Kier alpha value is -2.80. The molecule has 164 valence electrons. The van der Waals surface area contributed by atoms with Crippen LogP contribution >= 0.6 is 0 Å². The maximum atomic E-state index is 13.2. The summed E-state index contributed by atoms with van der Waals surface area (Å²) in [6.07, 6.45) is 3.72. The van der Waals surface area contributed by atoms with E-state index < -0.39 is 0 Å². The lowest BCUT2D eigenvalue weighted by molar-refractivity contribution is -0.133. The van der Waals surface area contributed by atoms with Gasteiger partial charge in [0.2, 0.25) is 5.91 Å². The van der Waals surface area contributed by atoms with Crippen molar-refractivity contribution in [1.82, 2.24) is 14.4 Å². The second-order valence-electron chi connectivity index (χ2n) is 7.23. The minimum atomic E-state index is -0.166. The standard InChI is InChI=1S/C23H33N3O4/c1-5-6-13-26(23(28)19-9-7-11-21(16-19)30-4)18-22(27)25(14-15-29-3)17-20-10-8-12-24(20)2/h7-12,16H,5-6,13-15,17-18H2,1-4H3. The lowest BCUT2D eigenvalue weighted by atomic mass is 10.1. The van der Waals surface area contributed by atoms with Gasteiger partial charge in [-0.15, -0.1) is 0 Å². The van der Waals surface area contributed by atoms with E-state index in [0.29, 0.717) is 37.6 Å². The van der Waals surface area contributed by atoms with Gasteiger partial charge in [0.05, 0.1) is 20.3 Å². The molecule has 2 aromatic rings. The number of hydrogen-bond acceptors (Lipinski definition) is 4. The van der Waals surface area contributed by atoms with E-state index in [2.05, 4.69) is 6.92 Å². The molecule has 7 nitrogen and oxygen atoms in total.